The Kier molecular flexibility index (Phi) is 4.78. The maximum atomic E-state index is 12.1. The predicted molar refractivity (Wildman–Crippen MR) is 84.3 cm³/mol. The fourth-order valence-corrected chi connectivity index (χ4v) is 3.53. The Balaban J connectivity index is 1.48. The minimum atomic E-state index is 0.109. The van der Waals surface area contributed by atoms with Gasteiger partial charge >= 0.3 is 0 Å². The summed E-state index contributed by atoms with van der Waals surface area (Å²) < 4.78 is 0. The zero-order valence-electron chi connectivity index (χ0n) is 12.1. The average molecular weight is 308 g/mol. The lowest BCUT2D eigenvalue weighted by atomic mass is 9.92. The number of amides is 1. The molecule has 0 aliphatic carbocycles. The Morgan fingerprint density at radius 3 is 2.95 bits per heavy atom. The van der Waals surface area contributed by atoms with E-state index in [-0.39, 0.29) is 5.91 Å². The monoisotopic (exact) mass is 307 g/mol. The van der Waals surface area contributed by atoms with E-state index in [1.165, 1.54) is 12.8 Å². The smallest absolute Gasteiger partial charge is 0.234 e. The van der Waals surface area contributed by atoms with Gasteiger partial charge in [0.2, 0.25) is 5.91 Å². The van der Waals surface area contributed by atoms with E-state index in [0.717, 1.165) is 36.1 Å². The molecule has 0 spiro atoms. The molecule has 5 heteroatoms. The quantitative estimate of drug-likeness (QED) is 0.889. The van der Waals surface area contributed by atoms with Gasteiger partial charge < -0.3 is 10.6 Å². The van der Waals surface area contributed by atoms with Crippen molar-refractivity contribution in [2.45, 2.75) is 25.4 Å². The van der Waals surface area contributed by atoms with Crippen LogP contribution in [0.25, 0.3) is 0 Å². The van der Waals surface area contributed by atoms with Gasteiger partial charge in [0.05, 0.1) is 6.54 Å². The number of likely N-dealkylation sites (tertiary alicyclic amines) is 1. The minimum absolute atomic E-state index is 0.109. The van der Waals surface area contributed by atoms with Crippen LogP contribution in [0.5, 0.6) is 0 Å². The van der Waals surface area contributed by atoms with Crippen LogP contribution in [0.2, 0.25) is 5.02 Å². The number of rotatable bonds is 4. The number of halogens is 1. The summed E-state index contributed by atoms with van der Waals surface area (Å²) in [4.78, 5) is 14.5. The third-order valence-corrected chi connectivity index (χ3v) is 4.80. The molecule has 114 valence electrons. The molecule has 2 fully saturated rings. The molecule has 2 aliphatic heterocycles. The van der Waals surface area contributed by atoms with E-state index >= 15 is 0 Å². The first kappa shape index (κ1) is 14.8. The number of carbonyl (C=O) groups excluding carboxylic acids is 1. The van der Waals surface area contributed by atoms with Crippen molar-refractivity contribution in [1.82, 2.24) is 15.5 Å². The molecule has 2 atom stereocenters. The van der Waals surface area contributed by atoms with E-state index in [4.69, 9.17) is 11.6 Å². The maximum absolute atomic E-state index is 12.1. The number of carbonyl (C=O) groups is 1. The summed E-state index contributed by atoms with van der Waals surface area (Å²) in [6.45, 7) is 4.24. The van der Waals surface area contributed by atoms with E-state index in [1.807, 2.05) is 24.3 Å². The molecule has 21 heavy (non-hydrogen) atoms. The van der Waals surface area contributed by atoms with Crippen molar-refractivity contribution in [3.63, 3.8) is 0 Å². The zero-order valence-corrected chi connectivity index (χ0v) is 12.9. The molecule has 2 N–H and O–H groups in total. The van der Waals surface area contributed by atoms with E-state index in [0.29, 0.717) is 19.1 Å². The molecule has 0 aromatic heterocycles. The van der Waals surface area contributed by atoms with Crippen molar-refractivity contribution in [3.8, 4) is 0 Å². The summed E-state index contributed by atoms with van der Waals surface area (Å²) in [6, 6.07) is 8.13. The highest BCUT2D eigenvalue weighted by molar-refractivity contribution is 6.30. The van der Waals surface area contributed by atoms with Crippen LogP contribution in [0.1, 0.15) is 18.4 Å². The van der Waals surface area contributed by atoms with Crippen LogP contribution in [0.4, 0.5) is 0 Å². The van der Waals surface area contributed by atoms with Gasteiger partial charge in [0.1, 0.15) is 0 Å². The first-order chi connectivity index (χ1) is 10.2. The number of nitrogens with zero attached hydrogens (tertiary/aromatic N) is 1. The summed E-state index contributed by atoms with van der Waals surface area (Å²) >= 11 is 5.85. The van der Waals surface area contributed by atoms with E-state index in [9.17, 15) is 4.79 Å². The Bertz CT molecular complexity index is 491. The lowest BCUT2D eigenvalue weighted by Gasteiger charge is -2.36. The summed E-state index contributed by atoms with van der Waals surface area (Å²) in [7, 11) is 0. The van der Waals surface area contributed by atoms with Crippen LogP contribution in [0.3, 0.4) is 0 Å². The van der Waals surface area contributed by atoms with E-state index in [2.05, 4.69) is 15.5 Å². The summed E-state index contributed by atoms with van der Waals surface area (Å²) in [5, 5.41) is 7.17. The third kappa shape index (κ3) is 3.76. The molecule has 2 saturated heterocycles. The molecule has 0 saturated carbocycles. The Labute approximate surface area is 130 Å². The number of benzene rings is 1. The first-order valence-corrected chi connectivity index (χ1v) is 8.06. The predicted octanol–water partition coefficient (Wildman–Crippen LogP) is 1.64. The molecule has 1 amide bonds. The van der Waals surface area contributed by atoms with Gasteiger partial charge in [-0.05, 0) is 49.5 Å². The maximum Gasteiger partial charge on any atom is 0.234 e. The Morgan fingerprint density at radius 1 is 1.33 bits per heavy atom. The minimum Gasteiger partial charge on any atom is -0.351 e. The van der Waals surface area contributed by atoms with Gasteiger partial charge in [-0.15, -0.1) is 0 Å². The molecule has 0 bridgehead atoms. The van der Waals surface area contributed by atoms with Crippen LogP contribution < -0.4 is 10.6 Å². The van der Waals surface area contributed by atoms with Gasteiger partial charge in [-0.1, -0.05) is 23.7 Å². The standard InChI is InChI=1S/C16H22ClN3O/c17-14-5-3-12(4-6-14)8-19-16(21)11-20-7-1-2-13-9-18-10-15(13)20/h3-6,13,15,18H,1-2,7-11H2,(H,19,21). The molecule has 2 aliphatic rings. The van der Waals surface area contributed by atoms with Gasteiger partial charge in [0, 0.05) is 24.2 Å². The number of fused-ring (bicyclic) bond motifs is 1. The second-order valence-corrected chi connectivity index (χ2v) is 6.44. The van der Waals surface area contributed by atoms with Gasteiger partial charge in [-0.2, -0.15) is 0 Å². The molecule has 2 heterocycles. The topological polar surface area (TPSA) is 44.4 Å². The Morgan fingerprint density at radius 2 is 2.14 bits per heavy atom. The van der Waals surface area contributed by atoms with Crippen LogP contribution in [-0.4, -0.2) is 43.0 Å². The highest BCUT2D eigenvalue weighted by Crippen LogP contribution is 2.25. The molecule has 1 aromatic carbocycles. The molecule has 1 aromatic rings. The van der Waals surface area contributed by atoms with Gasteiger partial charge in [-0.25, -0.2) is 0 Å². The van der Waals surface area contributed by atoms with Gasteiger partial charge in [0.25, 0.3) is 0 Å². The average Bonchev–Trinajstić information content (AvgIpc) is 2.96. The summed E-state index contributed by atoms with van der Waals surface area (Å²) in [6.07, 6.45) is 2.49. The van der Waals surface area contributed by atoms with Crippen LogP contribution in [0, 0.1) is 5.92 Å². The fourth-order valence-electron chi connectivity index (χ4n) is 3.40. The molecular formula is C16H22ClN3O. The number of piperidine rings is 1. The summed E-state index contributed by atoms with van der Waals surface area (Å²) in [5.74, 6) is 0.834. The van der Waals surface area contributed by atoms with Gasteiger partial charge in [-0.3, -0.25) is 9.69 Å². The van der Waals surface area contributed by atoms with Crippen molar-refractivity contribution < 1.29 is 4.79 Å². The zero-order chi connectivity index (χ0) is 14.7. The molecule has 2 unspecified atom stereocenters. The normalized spacial score (nSPS) is 25.6. The van der Waals surface area contributed by atoms with Crippen LogP contribution in [-0.2, 0) is 11.3 Å². The van der Waals surface area contributed by atoms with Crippen molar-refractivity contribution in [1.29, 1.82) is 0 Å². The highest BCUT2D eigenvalue weighted by Gasteiger charge is 2.35. The van der Waals surface area contributed by atoms with Crippen molar-refractivity contribution in [3.05, 3.63) is 34.9 Å². The number of nitrogens with one attached hydrogen (secondary N) is 2. The fraction of sp³-hybridized carbons (Fsp3) is 0.562. The SMILES string of the molecule is O=C(CN1CCCC2CNCC21)NCc1ccc(Cl)cc1. The second kappa shape index (κ2) is 6.77. The summed E-state index contributed by atoms with van der Waals surface area (Å²) in [5.41, 5.74) is 1.08. The molecule has 3 rings (SSSR count). The van der Waals surface area contributed by atoms with Crippen molar-refractivity contribution in [2.24, 2.45) is 5.92 Å². The molecule has 0 radical (unpaired) electrons. The number of hydrogen-bond acceptors (Lipinski definition) is 3. The first-order valence-electron chi connectivity index (χ1n) is 7.68. The Hall–Kier alpha value is -1.10. The van der Waals surface area contributed by atoms with E-state index < -0.39 is 0 Å². The van der Waals surface area contributed by atoms with Crippen LogP contribution in [0.15, 0.2) is 24.3 Å². The second-order valence-electron chi connectivity index (χ2n) is 6.00. The molecular weight excluding hydrogens is 286 g/mol. The molecule has 4 nitrogen and oxygen atoms in total. The van der Waals surface area contributed by atoms with Crippen molar-refractivity contribution >= 4 is 17.5 Å². The third-order valence-electron chi connectivity index (χ3n) is 4.54. The van der Waals surface area contributed by atoms with E-state index in [1.54, 1.807) is 0 Å². The largest absolute Gasteiger partial charge is 0.351 e. The van der Waals surface area contributed by atoms with Crippen molar-refractivity contribution in [2.75, 3.05) is 26.2 Å². The lowest BCUT2D eigenvalue weighted by molar-refractivity contribution is -0.123. The lowest BCUT2D eigenvalue weighted by Crippen LogP contribution is -2.49. The highest BCUT2D eigenvalue weighted by atomic mass is 35.5. The van der Waals surface area contributed by atoms with Gasteiger partial charge in [0.15, 0.2) is 0 Å². The van der Waals surface area contributed by atoms with Crippen LogP contribution >= 0.6 is 11.6 Å². The number of hydrogen-bond donors (Lipinski definition) is 2.